The first-order valence-corrected chi connectivity index (χ1v) is 8.73. The van der Waals surface area contributed by atoms with Crippen molar-refractivity contribution >= 4 is 39.9 Å². The molecule has 2 aliphatic rings. The Labute approximate surface area is 147 Å². The number of carbonyl (C=O) groups excluding carboxylic acids is 1. The molecule has 0 N–H and O–H groups in total. The highest BCUT2D eigenvalue weighted by molar-refractivity contribution is 8.26. The standard InChI is InChI=1S/C18H20N2OS2/c1-11-7-6-8-12-15(11)19(4)14(18(12,2)3)10-9-13-16(21)20(5)17(22)23-13/h6-10H,1-5H3. The zero-order valence-electron chi connectivity index (χ0n) is 14.0. The lowest BCUT2D eigenvalue weighted by Crippen LogP contribution is -2.23. The summed E-state index contributed by atoms with van der Waals surface area (Å²) >= 11 is 6.54. The van der Waals surface area contributed by atoms with Crippen LogP contribution in [0, 0.1) is 6.92 Å². The van der Waals surface area contributed by atoms with Crippen LogP contribution in [0.5, 0.6) is 0 Å². The minimum Gasteiger partial charge on any atom is -0.347 e. The quantitative estimate of drug-likeness (QED) is 0.568. The van der Waals surface area contributed by atoms with E-state index in [0.29, 0.717) is 9.23 Å². The van der Waals surface area contributed by atoms with Crippen LogP contribution in [0.15, 0.2) is 41.0 Å². The molecule has 0 atom stereocenters. The third-order valence-electron chi connectivity index (χ3n) is 4.63. The van der Waals surface area contributed by atoms with Gasteiger partial charge in [0.1, 0.15) is 4.32 Å². The number of hydrogen-bond donors (Lipinski definition) is 0. The van der Waals surface area contributed by atoms with Gasteiger partial charge in [-0.25, -0.2) is 0 Å². The van der Waals surface area contributed by atoms with Gasteiger partial charge in [-0.2, -0.15) is 0 Å². The van der Waals surface area contributed by atoms with Crippen molar-refractivity contribution in [3.8, 4) is 0 Å². The van der Waals surface area contributed by atoms with E-state index in [1.165, 1.54) is 39.2 Å². The number of thioether (sulfide) groups is 1. The molecule has 0 aromatic heterocycles. The maximum Gasteiger partial charge on any atom is 0.265 e. The summed E-state index contributed by atoms with van der Waals surface area (Å²) in [5.41, 5.74) is 4.94. The highest BCUT2D eigenvalue weighted by Crippen LogP contribution is 2.48. The Morgan fingerprint density at radius 3 is 2.43 bits per heavy atom. The van der Waals surface area contributed by atoms with E-state index in [9.17, 15) is 4.79 Å². The van der Waals surface area contributed by atoms with Crippen molar-refractivity contribution < 1.29 is 4.79 Å². The maximum atomic E-state index is 12.1. The summed E-state index contributed by atoms with van der Waals surface area (Å²) in [7, 11) is 3.81. The third kappa shape index (κ3) is 2.42. The van der Waals surface area contributed by atoms with Crippen LogP contribution >= 0.6 is 24.0 Å². The third-order valence-corrected chi connectivity index (χ3v) is 6.13. The SMILES string of the molecule is Cc1cccc2c1N(C)C(=CC=C1SC(=S)N(C)C1=O)C2(C)C. The van der Waals surface area contributed by atoms with E-state index in [4.69, 9.17) is 12.2 Å². The molecule has 2 aliphatic heterocycles. The first-order chi connectivity index (χ1) is 10.7. The van der Waals surface area contributed by atoms with Crippen molar-refractivity contribution in [1.29, 1.82) is 0 Å². The van der Waals surface area contributed by atoms with E-state index in [1.807, 2.05) is 6.08 Å². The normalized spacial score (nSPS) is 23.3. The van der Waals surface area contributed by atoms with Gasteiger partial charge in [0.15, 0.2) is 0 Å². The predicted octanol–water partition coefficient (Wildman–Crippen LogP) is 3.98. The van der Waals surface area contributed by atoms with Crippen LogP contribution in [0.4, 0.5) is 5.69 Å². The summed E-state index contributed by atoms with van der Waals surface area (Å²) in [4.78, 5) is 16.6. The minimum atomic E-state index is -0.0914. The Morgan fingerprint density at radius 1 is 1.17 bits per heavy atom. The van der Waals surface area contributed by atoms with Gasteiger partial charge in [-0.3, -0.25) is 9.69 Å². The van der Waals surface area contributed by atoms with Crippen molar-refractivity contribution in [3.05, 3.63) is 52.1 Å². The number of para-hydroxylation sites is 1. The van der Waals surface area contributed by atoms with Crippen LogP contribution in [0.2, 0.25) is 0 Å². The molecule has 1 aromatic rings. The predicted molar refractivity (Wildman–Crippen MR) is 102 cm³/mol. The largest absolute Gasteiger partial charge is 0.347 e. The second-order valence-corrected chi connectivity index (χ2v) is 8.15. The molecule has 1 aromatic carbocycles. The van der Waals surface area contributed by atoms with Gasteiger partial charge in [-0.15, -0.1) is 0 Å². The second kappa shape index (κ2) is 5.49. The number of nitrogens with zero attached hydrogens (tertiary/aromatic N) is 2. The van der Waals surface area contributed by atoms with Gasteiger partial charge in [0.25, 0.3) is 5.91 Å². The summed E-state index contributed by atoms with van der Waals surface area (Å²) in [5, 5.41) is 0. The lowest BCUT2D eigenvalue weighted by Gasteiger charge is -2.23. The fourth-order valence-electron chi connectivity index (χ4n) is 3.32. The average Bonchev–Trinajstić information content (AvgIpc) is 2.84. The molecule has 120 valence electrons. The number of amides is 1. The molecular weight excluding hydrogens is 324 g/mol. The van der Waals surface area contributed by atoms with E-state index in [0.717, 1.165) is 0 Å². The van der Waals surface area contributed by atoms with Gasteiger partial charge < -0.3 is 4.90 Å². The molecule has 23 heavy (non-hydrogen) atoms. The number of rotatable bonds is 1. The minimum absolute atomic E-state index is 0.0241. The summed E-state index contributed by atoms with van der Waals surface area (Å²) in [5.74, 6) is -0.0241. The molecule has 0 saturated carbocycles. The topological polar surface area (TPSA) is 23.6 Å². The highest BCUT2D eigenvalue weighted by Gasteiger charge is 2.39. The summed E-state index contributed by atoms with van der Waals surface area (Å²) in [6.07, 6.45) is 3.96. The Morgan fingerprint density at radius 2 is 1.87 bits per heavy atom. The first-order valence-electron chi connectivity index (χ1n) is 7.51. The summed E-state index contributed by atoms with van der Waals surface area (Å²) in [6.45, 7) is 6.58. The molecule has 0 bridgehead atoms. The number of hydrogen-bond acceptors (Lipinski definition) is 4. The van der Waals surface area contributed by atoms with E-state index < -0.39 is 0 Å². The number of likely N-dealkylation sites (N-methyl/N-ethyl adjacent to an activating group) is 2. The molecule has 5 heteroatoms. The van der Waals surface area contributed by atoms with Crippen molar-refractivity contribution in [2.45, 2.75) is 26.2 Å². The van der Waals surface area contributed by atoms with Gasteiger partial charge in [-0.05, 0) is 30.2 Å². The van der Waals surface area contributed by atoms with Gasteiger partial charge in [0.05, 0.1) is 4.91 Å². The van der Waals surface area contributed by atoms with Crippen LogP contribution in [-0.4, -0.2) is 29.2 Å². The van der Waals surface area contributed by atoms with Crippen LogP contribution in [-0.2, 0) is 10.2 Å². The van der Waals surface area contributed by atoms with Crippen molar-refractivity contribution in [1.82, 2.24) is 4.90 Å². The molecule has 1 fully saturated rings. The molecule has 0 radical (unpaired) electrons. The number of benzene rings is 1. The van der Waals surface area contributed by atoms with Gasteiger partial charge in [0, 0.05) is 30.9 Å². The van der Waals surface area contributed by atoms with Crippen molar-refractivity contribution in [2.24, 2.45) is 0 Å². The van der Waals surface area contributed by atoms with Crippen LogP contribution < -0.4 is 4.90 Å². The number of fused-ring (bicyclic) bond motifs is 1. The fourth-order valence-corrected chi connectivity index (χ4v) is 4.44. The average molecular weight is 345 g/mol. The summed E-state index contributed by atoms with van der Waals surface area (Å²) < 4.78 is 0.609. The lowest BCUT2D eigenvalue weighted by atomic mass is 9.83. The molecule has 0 spiro atoms. The molecular formula is C18H20N2OS2. The molecule has 2 heterocycles. The van der Waals surface area contributed by atoms with Crippen LogP contribution in [0.25, 0.3) is 0 Å². The fraction of sp³-hybridized carbons (Fsp3) is 0.333. The monoisotopic (exact) mass is 344 g/mol. The number of aryl methyl sites for hydroxylation is 1. The van der Waals surface area contributed by atoms with Crippen molar-refractivity contribution in [2.75, 3.05) is 19.0 Å². The van der Waals surface area contributed by atoms with Gasteiger partial charge in [-0.1, -0.05) is 56.0 Å². The molecule has 3 rings (SSSR count). The van der Waals surface area contributed by atoms with Crippen molar-refractivity contribution in [3.63, 3.8) is 0 Å². The number of anilines is 1. The molecule has 0 aliphatic carbocycles. The van der Waals surface area contributed by atoms with E-state index in [-0.39, 0.29) is 11.3 Å². The first kappa shape index (κ1) is 16.3. The van der Waals surface area contributed by atoms with Crippen LogP contribution in [0.3, 0.4) is 0 Å². The zero-order chi connectivity index (χ0) is 16.9. The van der Waals surface area contributed by atoms with E-state index in [2.05, 4.69) is 57.0 Å². The molecule has 0 unspecified atom stereocenters. The Hall–Kier alpha value is -1.59. The Kier molecular flexibility index (Phi) is 3.89. The Bertz CT molecular complexity index is 777. The molecule has 1 saturated heterocycles. The number of allylic oxidation sites excluding steroid dienone is 3. The Balaban J connectivity index is 2.04. The highest BCUT2D eigenvalue weighted by atomic mass is 32.2. The maximum absolute atomic E-state index is 12.1. The smallest absolute Gasteiger partial charge is 0.265 e. The van der Waals surface area contributed by atoms with Crippen LogP contribution in [0.1, 0.15) is 25.0 Å². The van der Waals surface area contributed by atoms with E-state index >= 15 is 0 Å². The second-order valence-electron chi connectivity index (χ2n) is 6.47. The zero-order valence-corrected chi connectivity index (χ0v) is 15.6. The summed E-state index contributed by atoms with van der Waals surface area (Å²) in [6, 6.07) is 6.43. The molecule has 3 nitrogen and oxygen atoms in total. The van der Waals surface area contributed by atoms with E-state index in [1.54, 1.807) is 7.05 Å². The number of thiocarbonyl (C=S) groups is 1. The number of carbonyl (C=O) groups is 1. The van der Waals surface area contributed by atoms with Gasteiger partial charge in [0.2, 0.25) is 0 Å². The van der Waals surface area contributed by atoms with Gasteiger partial charge >= 0.3 is 0 Å². The molecule has 1 amide bonds. The lowest BCUT2D eigenvalue weighted by molar-refractivity contribution is -0.121.